The first-order valence-corrected chi connectivity index (χ1v) is 8.22. The Bertz CT molecular complexity index is 1020. The number of hydrogen-bond donors (Lipinski definition) is 1. The lowest BCUT2D eigenvalue weighted by atomic mass is 10.1. The first kappa shape index (κ1) is 15.9. The van der Waals surface area contributed by atoms with Crippen molar-refractivity contribution in [1.82, 2.24) is 9.38 Å². The van der Waals surface area contributed by atoms with E-state index in [1.165, 1.54) is 0 Å². The summed E-state index contributed by atoms with van der Waals surface area (Å²) in [6.45, 7) is 0. The number of ether oxygens (including phenoxy) is 1. The maximum Gasteiger partial charge on any atom is 0.255 e. The van der Waals surface area contributed by atoms with Gasteiger partial charge in [0, 0.05) is 29.2 Å². The van der Waals surface area contributed by atoms with Gasteiger partial charge >= 0.3 is 0 Å². The molecule has 4 rings (SSSR count). The third-order valence-corrected chi connectivity index (χ3v) is 4.15. The van der Waals surface area contributed by atoms with Crippen LogP contribution in [-0.4, -0.2) is 22.4 Å². The average Bonchev–Trinajstić information content (AvgIpc) is 3.13. The number of nitrogens with zero attached hydrogens (tertiary/aromatic N) is 2. The number of amides is 1. The second-order valence-corrected chi connectivity index (χ2v) is 5.85. The highest BCUT2D eigenvalue weighted by Crippen LogP contribution is 2.22. The van der Waals surface area contributed by atoms with Crippen molar-refractivity contribution < 1.29 is 9.53 Å². The van der Waals surface area contributed by atoms with Crippen molar-refractivity contribution in [2.24, 2.45) is 0 Å². The molecule has 2 heterocycles. The van der Waals surface area contributed by atoms with E-state index in [1.54, 1.807) is 31.4 Å². The number of benzene rings is 2. The molecular formula is C21H17N3O2. The minimum Gasteiger partial charge on any atom is -0.497 e. The topological polar surface area (TPSA) is 55.6 Å². The summed E-state index contributed by atoms with van der Waals surface area (Å²) in [7, 11) is 1.60. The van der Waals surface area contributed by atoms with Gasteiger partial charge in [0.25, 0.3) is 5.91 Å². The second kappa shape index (κ2) is 6.72. The Balaban J connectivity index is 1.50. The lowest BCUT2D eigenvalue weighted by Gasteiger charge is -2.07. The van der Waals surface area contributed by atoms with Crippen LogP contribution >= 0.6 is 0 Å². The summed E-state index contributed by atoms with van der Waals surface area (Å²) in [6, 6.07) is 20.5. The molecule has 0 aliphatic carbocycles. The number of rotatable bonds is 4. The molecule has 0 aliphatic rings. The third-order valence-electron chi connectivity index (χ3n) is 4.15. The lowest BCUT2D eigenvalue weighted by Crippen LogP contribution is -2.11. The van der Waals surface area contributed by atoms with Crippen LogP contribution in [0.4, 0.5) is 5.69 Å². The van der Waals surface area contributed by atoms with E-state index >= 15 is 0 Å². The highest BCUT2D eigenvalue weighted by molar-refractivity contribution is 6.04. The summed E-state index contributed by atoms with van der Waals surface area (Å²) in [5.74, 6) is 0.562. The number of carbonyl (C=O) groups is 1. The van der Waals surface area contributed by atoms with Crippen LogP contribution in [0.15, 0.2) is 79.1 Å². The number of methoxy groups -OCH3 is 1. The maximum absolute atomic E-state index is 12.3. The smallest absolute Gasteiger partial charge is 0.255 e. The molecule has 1 N–H and O–H groups in total. The average molecular weight is 343 g/mol. The molecule has 5 nitrogen and oxygen atoms in total. The first-order valence-electron chi connectivity index (χ1n) is 8.22. The van der Waals surface area contributed by atoms with Crippen LogP contribution < -0.4 is 10.1 Å². The number of anilines is 1. The van der Waals surface area contributed by atoms with E-state index < -0.39 is 0 Å². The van der Waals surface area contributed by atoms with Crippen LogP contribution in [0.3, 0.4) is 0 Å². The Morgan fingerprint density at radius 2 is 1.77 bits per heavy atom. The van der Waals surface area contributed by atoms with Crippen LogP contribution in [0.1, 0.15) is 10.4 Å². The molecule has 1 amide bonds. The van der Waals surface area contributed by atoms with E-state index in [1.807, 2.05) is 59.3 Å². The molecule has 0 saturated carbocycles. The molecule has 2 aromatic heterocycles. The summed E-state index contributed by atoms with van der Waals surface area (Å²) >= 11 is 0. The van der Waals surface area contributed by atoms with E-state index in [-0.39, 0.29) is 5.91 Å². The molecule has 0 spiro atoms. The largest absolute Gasteiger partial charge is 0.497 e. The van der Waals surface area contributed by atoms with E-state index in [9.17, 15) is 4.79 Å². The van der Waals surface area contributed by atoms with Crippen molar-refractivity contribution in [3.63, 3.8) is 0 Å². The predicted octanol–water partition coefficient (Wildman–Crippen LogP) is 4.26. The Labute approximate surface area is 150 Å². The molecule has 0 atom stereocenters. The third kappa shape index (κ3) is 3.15. The predicted molar refractivity (Wildman–Crippen MR) is 102 cm³/mol. The number of pyridine rings is 1. The normalized spacial score (nSPS) is 10.7. The number of imidazole rings is 1. The summed E-state index contributed by atoms with van der Waals surface area (Å²) in [5.41, 5.74) is 4.10. The first-order chi connectivity index (χ1) is 12.7. The van der Waals surface area contributed by atoms with Gasteiger partial charge in [-0.05, 0) is 48.5 Å². The highest BCUT2D eigenvalue weighted by Gasteiger charge is 2.08. The maximum atomic E-state index is 12.3. The molecule has 2 aromatic carbocycles. The molecule has 0 fully saturated rings. The van der Waals surface area contributed by atoms with E-state index in [0.717, 1.165) is 28.3 Å². The number of carbonyl (C=O) groups excluding carboxylic acids is 1. The molecule has 4 aromatic rings. The molecule has 0 saturated heterocycles. The summed E-state index contributed by atoms with van der Waals surface area (Å²) < 4.78 is 7.09. The van der Waals surface area contributed by atoms with Gasteiger partial charge < -0.3 is 14.5 Å². The SMILES string of the molecule is COc1ccc(C(=O)Nc2ccc(-c3cn4ccccc4n3)cc2)cc1. The number of fused-ring (bicyclic) bond motifs is 1. The number of aromatic nitrogens is 2. The molecule has 128 valence electrons. The number of hydrogen-bond acceptors (Lipinski definition) is 3. The van der Waals surface area contributed by atoms with E-state index in [2.05, 4.69) is 10.3 Å². The van der Waals surface area contributed by atoms with E-state index in [0.29, 0.717) is 5.56 Å². The van der Waals surface area contributed by atoms with Gasteiger partial charge in [-0.3, -0.25) is 4.79 Å². The van der Waals surface area contributed by atoms with Gasteiger partial charge in [-0.1, -0.05) is 18.2 Å². The van der Waals surface area contributed by atoms with Gasteiger partial charge in [-0.15, -0.1) is 0 Å². The fourth-order valence-corrected chi connectivity index (χ4v) is 2.74. The Morgan fingerprint density at radius 1 is 1.00 bits per heavy atom. The molecule has 5 heteroatoms. The minimum absolute atomic E-state index is 0.159. The zero-order chi connectivity index (χ0) is 17.9. The van der Waals surface area contributed by atoms with Crippen LogP contribution in [-0.2, 0) is 0 Å². The van der Waals surface area contributed by atoms with Gasteiger partial charge in [0.2, 0.25) is 0 Å². The fraction of sp³-hybridized carbons (Fsp3) is 0.0476. The van der Waals surface area contributed by atoms with Crippen LogP contribution in [0.25, 0.3) is 16.9 Å². The van der Waals surface area contributed by atoms with Crippen molar-refractivity contribution in [2.75, 3.05) is 12.4 Å². The van der Waals surface area contributed by atoms with Gasteiger partial charge in [0.15, 0.2) is 0 Å². The zero-order valence-electron chi connectivity index (χ0n) is 14.2. The monoisotopic (exact) mass is 343 g/mol. The molecular weight excluding hydrogens is 326 g/mol. The Kier molecular flexibility index (Phi) is 4.11. The van der Waals surface area contributed by atoms with Crippen LogP contribution in [0.2, 0.25) is 0 Å². The molecule has 0 bridgehead atoms. The summed E-state index contributed by atoms with van der Waals surface area (Å²) in [6.07, 6.45) is 3.95. The standard InChI is InChI=1S/C21H17N3O2/c1-26-18-11-7-16(8-12-18)21(25)22-17-9-5-15(6-10-17)19-14-24-13-3-2-4-20(24)23-19/h2-14H,1H3,(H,22,25). The molecule has 0 radical (unpaired) electrons. The minimum atomic E-state index is -0.159. The molecule has 0 aliphatic heterocycles. The van der Waals surface area contributed by atoms with E-state index in [4.69, 9.17) is 4.74 Å². The van der Waals surface area contributed by atoms with Gasteiger partial charge in [-0.2, -0.15) is 0 Å². The number of nitrogens with one attached hydrogen (secondary N) is 1. The summed E-state index contributed by atoms with van der Waals surface area (Å²) in [4.78, 5) is 16.9. The molecule has 0 unspecified atom stereocenters. The summed E-state index contributed by atoms with van der Waals surface area (Å²) in [5, 5.41) is 2.90. The quantitative estimate of drug-likeness (QED) is 0.602. The highest BCUT2D eigenvalue weighted by atomic mass is 16.5. The van der Waals surface area contributed by atoms with Crippen molar-refractivity contribution in [3.8, 4) is 17.0 Å². The van der Waals surface area contributed by atoms with Crippen molar-refractivity contribution in [3.05, 3.63) is 84.7 Å². The Morgan fingerprint density at radius 3 is 2.46 bits per heavy atom. The van der Waals surface area contributed by atoms with Crippen molar-refractivity contribution in [2.45, 2.75) is 0 Å². The fourth-order valence-electron chi connectivity index (χ4n) is 2.74. The molecule has 26 heavy (non-hydrogen) atoms. The lowest BCUT2D eigenvalue weighted by molar-refractivity contribution is 0.102. The Hall–Kier alpha value is -3.60. The van der Waals surface area contributed by atoms with Crippen molar-refractivity contribution >= 4 is 17.2 Å². The zero-order valence-corrected chi connectivity index (χ0v) is 14.2. The van der Waals surface area contributed by atoms with Gasteiger partial charge in [0.1, 0.15) is 11.4 Å². The van der Waals surface area contributed by atoms with Crippen LogP contribution in [0, 0.1) is 0 Å². The van der Waals surface area contributed by atoms with Gasteiger partial charge in [-0.25, -0.2) is 4.98 Å². The van der Waals surface area contributed by atoms with Gasteiger partial charge in [0.05, 0.1) is 12.8 Å². The van der Waals surface area contributed by atoms with Crippen molar-refractivity contribution in [1.29, 1.82) is 0 Å². The van der Waals surface area contributed by atoms with Crippen LogP contribution in [0.5, 0.6) is 5.75 Å². The second-order valence-electron chi connectivity index (χ2n) is 5.85.